The van der Waals surface area contributed by atoms with Gasteiger partial charge in [0.1, 0.15) is 26.0 Å². The minimum absolute atomic E-state index is 0.133. The molecule has 0 aromatic carbocycles. The quantitative estimate of drug-likeness (QED) is 0.502. The van der Waals surface area contributed by atoms with Crippen LogP contribution >= 0.6 is 7.14 Å². The molecule has 2 rings (SSSR count). The lowest BCUT2D eigenvalue weighted by Crippen LogP contribution is -2.41. The van der Waals surface area contributed by atoms with Gasteiger partial charge >= 0.3 is 5.69 Å². The minimum atomic E-state index is -3.86. The van der Waals surface area contributed by atoms with Gasteiger partial charge in [0, 0.05) is 25.2 Å². The van der Waals surface area contributed by atoms with Crippen LogP contribution in [-0.4, -0.2) is 71.5 Å². The molecule has 0 unspecified atom stereocenters. The molecule has 0 bridgehead atoms. The second kappa shape index (κ2) is 8.47. The number of rotatable bonds is 7. The topological polar surface area (TPSA) is 140 Å². The van der Waals surface area contributed by atoms with Crippen molar-refractivity contribution in [1.82, 2.24) is 14.9 Å². The Hall–Kier alpha value is -1.88. The van der Waals surface area contributed by atoms with E-state index in [1.165, 1.54) is 14.0 Å². The third kappa shape index (κ3) is 5.00. The van der Waals surface area contributed by atoms with Gasteiger partial charge in [-0.2, -0.15) is 8.78 Å². The molecule has 164 valence electrons. The molecule has 0 spiro atoms. The second-order valence-corrected chi connectivity index (χ2v) is 10.6. The molecular weight excluding hydrogens is 415 g/mol. The van der Waals surface area contributed by atoms with Gasteiger partial charge in [0.2, 0.25) is 5.91 Å². The zero-order valence-electron chi connectivity index (χ0n) is 16.3. The SMILES string of the molecule is CNC(=O)CO[C@@H]1[C@H](O)[C@@H](CC(F)(F)P(C)(C)=O)O[C@H]1n1cc(C)c(=O)[nH]c1=O. The van der Waals surface area contributed by atoms with E-state index in [9.17, 15) is 32.8 Å². The minimum Gasteiger partial charge on any atom is -0.388 e. The summed E-state index contributed by atoms with van der Waals surface area (Å²) in [6.45, 7) is 2.72. The van der Waals surface area contributed by atoms with E-state index >= 15 is 0 Å². The molecule has 10 nitrogen and oxygen atoms in total. The summed E-state index contributed by atoms with van der Waals surface area (Å²) in [5, 5.41) is 12.8. The fourth-order valence-corrected chi connectivity index (χ4v) is 3.39. The summed E-state index contributed by atoms with van der Waals surface area (Å²) in [4.78, 5) is 37.3. The van der Waals surface area contributed by atoms with Gasteiger partial charge < -0.3 is 24.5 Å². The first-order valence-electron chi connectivity index (χ1n) is 8.69. The molecule has 1 fully saturated rings. The summed E-state index contributed by atoms with van der Waals surface area (Å²) >= 11 is 0. The lowest BCUT2D eigenvalue weighted by molar-refractivity contribution is -0.132. The normalized spacial score (nSPS) is 25.2. The number of alkyl halides is 2. The number of amides is 1. The van der Waals surface area contributed by atoms with Gasteiger partial charge in [-0.3, -0.25) is 19.1 Å². The maximum atomic E-state index is 14.3. The van der Waals surface area contributed by atoms with E-state index in [4.69, 9.17) is 9.47 Å². The highest BCUT2D eigenvalue weighted by molar-refractivity contribution is 7.63. The molecule has 1 aromatic rings. The predicted molar refractivity (Wildman–Crippen MR) is 98.8 cm³/mol. The fraction of sp³-hybridized carbons (Fsp3) is 0.688. The number of aromatic amines is 1. The average molecular weight is 439 g/mol. The molecule has 29 heavy (non-hydrogen) atoms. The molecule has 1 aliphatic rings. The highest BCUT2D eigenvalue weighted by Gasteiger charge is 2.53. The summed E-state index contributed by atoms with van der Waals surface area (Å²) in [5.41, 5.74) is -5.05. The van der Waals surface area contributed by atoms with Crippen molar-refractivity contribution >= 4 is 13.0 Å². The van der Waals surface area contributed by atoms with Gasteiger partial charge in [-0.05, 0) is 20.3 Å². The number of aryl methyl sites for hydroxylation is 1. The summed E-state index contributed by atoms with van der Waals surface area (Å²) in [6.07, 6.45) is -5.89. The van der Waals surface area contributed by atoms with Crippen LogP contribution < -0.4 is 16.6 Å². The van der Waals surface area contributed by atoms with Crippen molar-refractivity contribution < 1.29 is 32.7 Å². The van der Waals surface area contributed by atoms with Crippen LogP contribution in [0.15, 0.2) is 15.8 Å². The van der Waals surface area contributed by atoms with E-state index in [-0.39, 0.29) is 5.56 Å². The molecule has 1 amide bonds. The zero-order chi connectivity index (χ0) is 22.1. The van der Waals surface area contributed by atoms with E-state index in [1.54, 1.807) is 0 Å². The number of aliphatic hydroxyl groups excluding tert-OH is 1. The predicted octanol–water partition coefficient (Wildman–Crippen LogP) is -0.160. The van der Waals surface area contributed by atoms with E-state index in [2.05, 4.69) is 5.32 Å². The maximum Gasteiger partial charge on any atom is 0.330 e. The largest absolute Gasteiger partial charge is 0.388 e. The summed E-state index contributed by atoms with van der Waals surface area (Å²) in [6, 6.07) is 0. The average Bonchev–Trinajstić information content (AvgIpc) is 2.90. The van der Waals surface area contributed by atoms with Crippen LogP contribution in [0, 0.1) is 6.92 Å². The third-order valence-electron chi connectivity index (χ3n) is 4.65. The first-order chi connectivity index (χ1) is 13.3. The number of ether oxygens (including phenoxy) is 2. The Kier molecular flexibility index (Phi) is 6.83. The van der Waals surface area contributed by atoms with Crippen molar-refractivity contribution in [2.24, 2.45) is 0 Å². The summed E-state index contributed by atoms with van der Waals surface area (Å²) in [5.74, 6) is -0.554. The van der Waals surface area contributed by atoms with Gasteiger partial charge in [-0.15, -0.1) is 0 Å². The van der Waals surface area contributed by atoms with Crippen molar-refractivity contribution in [2.75, 3.05) is 27.0 Å². The molecule has 1 saturated heterocycles. The van der Waals surface area contributed by atoms with Crippen LogP contribution in [0.4, 0.5) is 8.78 Å². The Morgan fingerprint density at radius 1 is 1.45 bits per heavy atom. The molecule has 0 radical (unpaired) electrons. The van der Waals surface area contributed by atoms with Gasteiger partial charge in [0.05, 0.1) is 6.10 Å². The molecule has 13 heteroatoms. The Bertz CT molecular complexity index is 926. The first-order valence-corrected chi connectivity index (χ1v) is 11.3. The van der Waals surface area contributed by atoms with Crippen molar-refractivity contribution in [3.63, 3.8) is 0 Å². The lowest BCUT2D eigenvalue weighted by Gasteiger charge is -2.25. The van der Waals surface area contributed by atoms with E-state index in [1.807, 2.05) is 4.98 Å². The maximum absolute atomic E-state index is 14.3. The number of aliphatic hydroxyl groups is 1. The number of hydrogen-bond donors (Lipinski definition) is 3. The van der Waals surface area contributed by atoms with Crippen molar-refractivity contribution in [3.05, 3.63) is 32.6 Å². The van der Waals surface area contributed by atoms with Gasteiger partial charge in [-0.25, -0.2) is 4.79 Å². The molecular formula is C16H24F2N3O7P. The highest BCUT2D eigenvalue weighted by atomic mass is 31.2. The van der Waals surface area contributed by atoms with Crippen molar-refractivity contribution in [3.8, 4) is 0 Å². The highest BCUT2D eigenvalue weighted by Crippen LogP contribution is 2.57. The number of halogens is 2. The molecule has 1 aliphatic heterocycles. The van der Waals surface area contributed by atoms with Gasteiger partial charge in [0.25, 0.3) is 11.2 Å². The number of aromatic nitrogens is 2. The number of nitrogens with zero attached hydrogens (tertiary/aromatic N) is 1. The van der Waals surface area contributed by atoms with E-state index in [0.29, 0.717) is 0 Å². The number of carbonyl (C=O) groups is 1. The number of hydrogen-bond acceptors (Lipinski definition) is 7. The standard InChI is InChI=1S/C16H24F2N3O7P/c1-8-6-21(15(25)20-13(8)24)14-12(27-7-10(22)19-2)11(23)9(28-14)5-16(17,18)29(3,4)26/h6,9,11-12,14,23H,5,7H2,1-4H3,(H,19,22)(H,20,24,25)/t9-,11-,12-,14-/m1/s1. The van der Waals surface area contributed by atoms with Crippen molar-refractivity contribution in [2.45, 2.75) is 43.5 Å². The molecule has 1 aromatic heterocycles. The zero-order valence-corrected chi connectivity index (χ0v) is 17.2. The second-order valence-electron chi connectivity index (χ2n) is 7.20. The smallest absolute Gasteiger partial charge is 0.330 e. The van der Waals surface area contributed by atoms with Crippen molar-refractivity contribution in [1.29, 1.82) is 0 Å². The van der Waals surface area contributed by atoms with E-state index < -0.39 is 67.5 Å². The third-order valence-corrected chi connectivity index (χ3v) is 6.41. The summed E-state index contributed by atoms with van der Waals surface area (Å²) < 4.78 is 52.2. The molecule has 4 atom stereocenters. The number of likely N-dealkylation sites (N-methyl/N-ethyl adjacent to an activating group) is 1. The monoisotopic (exact) mass is 439 g/mol. The van der Waals surface area contributed by atoms with Crippen LogP contribution in [0.1, 0.15) is 18.2 Å². The number of carbonyl (C=O) groups excluding carboxylic acids is 1. The molecule has 2 heterocycles. The van der Waals surface area contributed by atoms with Crippen LogP contribution in [-0.2, 0) is 18.8 Å². The number of nitrogens with one attached hydrogen (secondary N) is 2. The Morgan fingerprint density at radius 3 is 2.62 bits per heavy atom. The Balaban J connectivity index is 2.40. The van der Waals surface area contributed by atoms with Crippen LogP contribution in [0.25, 0.3) is 0 Å². The summed E-state index contributed by atoms with van der Waals surface area (Å²) in [7, 11) is -2.51. The Labute approximate surface area is 164 Å². The van der Waals surface area contributed by atoms with E-state index in [0.717, 1.165) is 24.1 Å². The fourth-order valence-electron chi connectivity index (χ4n) is 2.77. The Morgan fingerprint density at radius 2 is 2.07 bits per heavy atom. The lowest BCUT2D eigenvalue weighted by atomic mass is 10.1. The molecule has 0 saturated carbocycles. The molecule has 0 aliphatic carbocycles. The van der Waals surface area contributed by atoms with Gasteiger partial charge in [-0.1, -0.05) is 0 Å². The first kappa shape index (κ1) is 23.4. The van der Waals surface area contributed by atoms with Crippen LogP contribution in [0.2, 0.25) is 0 Å². The van der Waals surface area contributed by atoms with Crippen LogP contribution in [0.3, 0.4) is 0 Å². The van der Waals surface area contributed by atoms with Crippen LogP contribution in [0.5, 0.6) is 0 Å². The molecule has 3 N–H and O–H groups in total. The van der Waals surface area contributed by atoms with Gasteiger partial charge in [0.15, 0.2) is 6.23 Å². The number of H-pyrrole nitrogens is 1.